The molecule has 2 heterocycles. The lowest BCUT2D eigenvalue weighted by atomic mass is 10.0. The third-order valence-corrected chi connectivity index (χ3v) is 6.36. The van der Waals surface area contributed by atoms with E-state index in [0.717, 1.165) is 29.7 Å². The molecular weight excluding hydrogens is 380 g/mol. The number of aryl methyl sites for hydroxylation is 1. The van der Waals surface area contributed by atoms with E-state index in [2.05, 4.69) is 22.8 Å². The first kappa shape index (κ1) is 18.8. The summed E-state index contributed by atoms with van der Waals surface area (Å²) >= 11 is 0. The van der Waals surface area contributed by atoms with Crippen LogP contribution in [0.2, 0.25) is 0 Å². The number of fused-ring (bicyclic) bond motifs is 2. The number of nitrogens with one attached hydrogen (secondary N) is 2. The number of hydrogen-bond donors (Lipinski definition) is 3. The summed E-state index contributed by atoms with van der Waals surface area (Å²) < 4.78 is 0. The van der Waals surface area contributed by atoms with Crippen LogP contribution in [0.5, 0.6) is 0 Å². The molecule has 1 saturated heterocycles. The quantitative estimate of drug-likeness (QED) is 0.676. The molecule has 4 N–H and O–H groups in total. The molecule has 7 heteroatoms. The Morgan fingerprint density at radius 3 is 2.73 bits per heavy atom. The van der Waals surface area contributed by atoms with Gasteiger partial charge in [-0.05, 0) is 59.7 Å². The first-order valence-electron chi connectivity index (χ1n) is 10.4. The fourth-order valence-corrected chi connectivity index (χ4v) is 4.68. The van der Waals surface area contributed by atoms with Gasteiger partial charge >= 0.3 is 0 Å². The van der Waals surface area contributed by atoms with Crippen LogP contribution in [-0.4, -0.2) is 28.7 Å². The van der Waals surface area contributed by atoms with E-state index in [1.165, 1.54) is 11.1 Å². The Hall–Kier alpha value is -3.19. The van der Waals surface area contributed by atoms with Crippen molar-refractivity contribution in [3.05, 3.63) is 64.2 Å². The summed E-state index contributed by atoms with van der Waals surface area (Å²) in [6.45, 7) is 1.00. The van der Waals surface area contributed by atoms with Gasteiger partial charge in [-0.15, -0.1) is 0 Å². The number of imide groups is 1. The Morgan fingerprint density at radius 1 is 1.03 bits per heavy atom. The smallest absolute Gasteiger partial charge is 0.255 e. The zero-order valence-corrected chi connectivity index (χ0v) is 16.6. The summed E-state index contributed by atoms with van der Waals surface area (Å²) in [6.07, 6.45) is 2.64. The molecule has 1 fully saturated rings. The van der Waals surface area contributed by atoms with Crippen LogP contribution >= 0.6 is 0 Å². The fourth-order valence-electron chi connectivity index (χ4n) is 4.68. The van der Waals surface area contributed by atoms with E-state index in [4.69, 9.17) is 5.73 Å². The summed E-state index contributed by atoms with van der Waals surface area (Å²) in [5, 5.41) is 5.76. The maximum absolute atomic E-state index is 12.9. The van der Waals surface area contributed by atoms with Gasteiger partial charge in [-0.3, -0.25) is 19.7 Å². The minimum absolute atomic E-state index is 0.143. The normalized spacial score (nSPS) is 22.7. The summed E-state index contributed by atoms with van der Waals surface area (Å²) in [5.74, 6) is -0.805. The Bertz CT molecular complexity index is 1060. The number of benzene rings is 2. The first-order valence-corrected chi connectivity index (χ1v) is 10.4. The molecule has 5 rings (SSSR count). The predicted octanol–water partition coefficient (Wildman–Crippen LogP) is 2.01. The van der Waals surface area contributed by atoms with Crippen molar-refractivity contribution in [1.82, 2.24) is 10.2 Å². The van der Waals surface area contributed by atoms with E-state index in [-0.39, 0.29) is 30.2 Å². The minimum Gasteiger partial charge on any atom is -0.381 e. The van der Waals surface area contributed by atoms with Crippen LogP contribution in [0.1, 0.15) is 57.9 Å². The lowest BCUT2D eigenvalue weighted by Gasteiger charge is -2.29. The first-order chi connectivity index (χ1) is 14.5. The van der Waals surface area contributed by atoms with E-state index >= 15 is 0 Å². The molecule has 0 bridgehead atoms. The molecule has 2 atom stereocenters. The molecule has 1 aliphatic carbocycles. The Morgan fingerprint density at radius 2 is 1.90 bits per heavy atom. The van der Waals surface area contributed by atoms with Gasteiger partial charge < -0.3 is 16.0 Å². The van der Waals surface area contributed by atoms with E-state index in [0.29, 0.717) is 25.1 Å². The third-order valence-electron chi connectivity index (χ3n) is 6.36. The maximum Gasteiger partial charge on any atom is 0.255 e. The number of rotatable bonds is 4. The monoisotopic (exact) mass is 404 g/mol. The Kier molecular flexibility index (Phi) is 4.55. The van der Waals surface area contributed by atoms with Crippen molar-refractivity contribution in [2.45, 2.75) is 50.9 Å². The number of piperidine rings is 1. The number of carbonyl (C=O) groups excluding carboxylic acids is 3. The molecule has 0 radical (unpaired) electrons. The molecule has 0 saturated carbocycles. The highest BCUT2D eigenvalue weighted by Gasteiger charge is 2.39. The van der Waals surface area contributed by atoms with Crippen LogP contribution in [-0.2, 0) is 29.1 Å². The summed E-state index contributed by atoms with van der Waals surface area (Å²) in [4.78, 5) is 38.1. The average Bonchev–Trinajstić information content (AvgIpc) is 3.26. The zero-order chi connectivity index (χ0) is 20.8. The minimum atomic E-state index is -0.582. The molecule has 154 valence electrons. The van der Waals surface area contributed by atoms with Gasteiger partial charge in [0.1, 0.15) is 6.04 Å². The van der Waals surface area contributed by atoms with Crippen LogP contribution < -0.4 is 16.4 Å². The highest BCUT2D eigenvalue weighted by Crippen LogP contribution is 2.32. The van der Waals surface area contributed by atoms with Crippen LogP contribution in [0.4, 0.5) is 5.69 Å². The molecule has 1 unspecified atom stereocenters. The highest BCUT2D eigenvalue weighted by atomic mass is 16.2. The van der Waals surface area contributed by atoms with Gasteiger partial charge in [0.05, 0.1) is 0 Å². The highest BCUT2D eigenvalue weighted by molar-refractivity contribution is 6.05. The van der Waals surface area contributed by atoms with Crippen molar-refractivity contribution >= 4 is 23.4 Å². The van der Waals surface area contributed by atoms with E-state index in [9.17, 15) is 14.4 Å². The molecule has 0 spiro atoms. The standard InChI is InChI=1S/C23H24N4O3/c24-19-6-3-14-10-16(4-5-17(14)19)25-11-13-1-2-15-12-27(23(30)18(15)9-13)20-7-8-21(28)26-22(20)29/h1-2,4-5,9-10,19-20,25H,3,6-8,11-12,24H2,(H,26,28,29)/t19-,20?/m0/s1. The molecule has 2 aromatic carbocycles. The van der Waals surface area contributed by atoms with Crippen LogP contribution in [0.3, 0.4) is 0 Å². The lowest BCUT2D eigenvalue weighted by Crippen LogP contribution is -2.52. The van der Waals surface area contributed by atoms with Crippen LogP contribution in [0, 0.1) is 0 Å². The Balaban J connectivity index is 1.28. The van der Waals surface area contributed by atoms with Gasteiger partial charge in [0.2, 0.25) is 11.8 Å². The van der Waals surface area contributed by atoms with Crippen molar-refractivity contribution < 1.29 is 14.4 Å². The van der Waals surface area contributed by atoms with Gasteiger partial charge in [0.15, 0.2) is 0 Å². The van der Waals surface area contributed by atoms with Gasteiger partial charge in [-0.1, -0.05) is 18.2 Å². The number of nitrogens with zero attached hydrogens (tertiary/aromatic N) is 1. The topological polar surface area (TPSA) is 105 Å². The molecular formula is C23H24N4O3. The zero-order valence-electron chi connectivity index (χ0n) is 16.6. The van der Waals surface area contributed by atoms with Crippen LogP contribution in [0.15, 0.2) is 36.4 Å². The molecule has 3 aliphatic rings. The third kappa shape index (κ3) is 3.25. The van der Waals surface area contributed by atoms with E-state index in [1.807, 2.05) is 24.3 Å². The summed E-state index contributed by atoms with van der Waals surface area (Å²) in [7, 11) is 0. The molecule has 2 aromatic rings. The second-order valence-electron chi connectivity index (χ2n) is 8.30. The van der Waals surface area contributed by atoms with E-state index in [1.54, 1.807) is 4.90 Å². The number of nitrogens with two attached hydrogens (primary N) is 1. The van der Waals surface area contributed by atoms with Gasteiger partial charge in [-0.2, -0.15) is 0 Å². The van der Waals surface area contributed by atoms with Crippen LogP contribution in [0.25, 0.3) is 0 Å². The number of amides is 3. The maximum atomic E-state index is 12.9. The molecule has 3 amide bonds. The van der Waals surface area contributed by atoms with Crippen molar-refractivity contribution in [1.29, 1.82) is 0 Å². The van der Waals surface area contributed by atoms with Crippen molar-refractivity contribution in [3.8, 4) is 0 Å². The molecule has 0 aromatic heterocycles. The largest absolute Gasteiger partial charge is 0.381 e. The van der Waals surface area contributed by atoms with E-state index < -0.39 is 6.04 Å². The number of carbonyl (C=O) groups is 3. The summed E-state index contributed by atoms with van der Waals surface area (Å²) in [6, 6.07) is 11.7. The molecule has 7 nitrogen and oxygen atoms in total. The molecule has 30 heavy (non-hydrogen) atoms. The lowest BCUT2D eigenvalue weighted by molar-refractivity contribution is -0.136. The fraction of sp³-hybridized carbons (Fsp3) is 0.348. The van der Waals surface area contributed by atoms with Crippen molar-refractivity contribution in [2.75, 3.05) is 5.32 Å². The van der Waals surface area contributed by atoms with Gasteiger partial charge in [0, 0.05) is 36.8 Å². The molecule has 2 aliphatic heterocycles. The SMILES string of the molecule is N[C@H]1CCc2cc(NCc3ccc4c(c3)C(=O)N(C3CCC(=O)NC3=O)C4)ccc21. The average molecular weight is 404 g/mol. The van der Waals surface area contributed by atoms with Gasteiger partial charge in [0.25, 0.3) is 5.91 Å². The summed E-state index contributed by atoms with van der Waals surface area (Å²) in [5.41, 5.74) is 12.2. The second kappa shape index (κ2) is 7.25. The van der Waals surface area contributed by atoms with Crippen molar-refractivity contribution in [2.24, 2.45) is 5.73 Å². The predicted molar refractivity (Wildman–Crippen MR) is 112 cm³/mol. The number of hydrogen-bond acceptors (Lipinski definition) is 5. The van der Waals surface area contributed by atoms with Crippen molar-refractivity contribution in [3.63, 3.8) is 0 Å². The Labute approximate surface area is 174 Å². The van der Waals surface area contributed by atoms with Gasteiger partial charge in [-0.25, -0.2) is 0 Å². The number of anilines is 1. The second-order valence-corrected chi connectivity index (χ2v) is 8.30.